The van der Waals surface area contributed by atoms with Crippen molar-refractivity contribution in [3.8, 4) is 0 Å². The lowest BCUT2D eigenvalue weighted by Gasteiger charge is -2.26. The first kappa shape index (κ1) is 14.8. The van der Waals surface area contributed by atoms with E-state index in [-0.39, 0.29) is 18.6 Å². The molecule has 22 heavy (non-hydrogen) atoms. The molecule has 1 amide bonds. The number of benzene rings is 1. The molecule has 3 rings (SSSR count). The van der Waals surface area contributed by atoms with Crippen LogP contribution in [0.5, 0.6) is 0 Å². The number of nitrogens with one attached hydrogen (secondary N) is 1. The molecular formula is C17H17NO3S. The summed E-state index contributed by atoms with van der Waals surface area (Å²) in [5, 5.41) is 4.76. The molecule has 1 N–H and O–H groups in total. The van der Waals surface area contributed by atoms with Gasteiger partial charge in [-0.05, 0) is 41.8 Å². The molecule has 0 radical (unpaired) electrons. The van der Waals surface area contributed by atoms with Crippen LogP contribution in [-0.4, -0.2) is 18.5 Å². The van der Waals surface area contributed by atoms with E-state index in [1.165, 1.54) is 22.5 Å². The van der Waals surface area contributed by atoms with Crippen molar-refractivity contribution >= 4 is 23.2 Å². The largest absolute Gasteiger partial charge is 0.451 e. The van der Waals surface area contributed by atoms with Gasteiger partial charge in [0.1, 0.15) is 4.88 Å². The van der Waals surface area contributed by atoms with Crippen molar-refractivity contribution in [3.63, 3.8) is 0 Å². The standard InChI is InChI=1S/C17H17NO3S/c19-16(11-21-17(20)15-9-4-10-22-15)18-14-8-3-6-12-5-1-2-7-13(12)14/h1-2,4-5,7,9-10,14H,3,6,8,11H2,(H,18,19). The summed E-state index contributed by atoms with van der Waals surface area (Å²) >= 11 is 1.30. The van der Waals surface area contributed by atoms with Crippen LogP contribution in [0, 0.1) is 0 Å². The van der Waals surface area contributed by atoms with Gasteiger partial charge < -0.3 is 10.1 Å². The van der Waals surface area contributed by atoms with Gasteiger partial charge in [-0.1, -0.05) is 30.3 Å². The molecule has 5 heteroatoms. The fourth-order valence-electron chi connectivity index (χ4n) is 2.74. The maximum atomic E-state index is 12.0. The molecule has 2 aromatic rings. The van der Waals surface area contributed by atoms with Gasteiger partial charge in [-0.15, -0.1) is 11.3 Å². The molecule has 1 heterocycles. The summed E-state index contributed by atoms with van der Waals surface area (Å²) in [6, 6.07) is 11.6. The van der Waals surface area contributed by atoms with Crippen molar-refractivity contribution in [2.45, 2.75) is 25.3 Å². The van der Waals surface area contributed by atoms with Gasteiger partial charge in [-0.3, -0.25) is 4.79 Å². The highest BCUT2D eigenvalue weighted by atomic mass is 32.1. The normalized spacial score (nSPS) is 16.6. The topological polar surface area (TPSA) is 55.4 Å². The Morgan fingerprint density at radius 2 is 2.09 bits per heavy atom. The van der Waals surface area contributed by atoms with Gasteiger partial charge in [0, 0.05) is 0 Å². The molecule has 0 bridgehead atoms. The van der Waals surface area contributed by atoms with E-state index in [4.69, 9.17) is 4.74 Å². The van der Waals surface area contributed by atoms with E-state index in [0.717, 1.165) is 19.3 Å². The smallest absolute Gasteiger partial charge is 0.348 e. The van der Waals surface area contributed by atoms with Gasteiger partial charge in [0.25, 0.3) is 5.91 Å². The van der Waals surface area contributed by atoms with Gasteiger partial charge in [0.05, 0.1) is 6.04 Å². The van der Waals surface area contributed by atoms with Crippen LogP contribution in [-0.2, 0) is 16.0 Å². The second kappa shape index (κ2) is 6.75. The van der Waals surface area contributed by atoms with Crippen LogP contribution in [0.15, 0.2) is 41.8 Å². The minimum Gasteiger partial charge on any atom is -0.451 e. The first-order valence-electron chi connectivity index (χ1n) is 7.32. The zero-order valence-electron chi connectivity index (χ0n) is 12.1. The van der Waals surface area contributed by atoms with Crippen LogP contribution in [0.3, 0.4) is 0 Å². The number of hydrogen-bond donors (Lipinski definition) is 1. The van der Waals surface area contributed by atoms with E-state index in [0.29, 0.717) is 4.88 Å². The first-order valence-corrected chi connectivity index (χ1v) is 8.20. The minimum atomic E-state index is -0.450. The number of ether oxygens (including phenoxy) is 1. The molecule has 0 spiro atoms. The van der Waals surface area contributed by atoms with Crippen LogP contribution < -0.4 is 5.32 Å². The number of fused-ring (bicyclic) bond motifs is 1. The molecule has 4 nitrogen and oxygen atoms in total. The number of rotatable bonds is 4. The Bertz CT molecular complexity index is 666. The summed E-state index contributed by atoms with van der Waals surface area (Å²) in [4.78, 5) is 24.2. The molecule has 0 aliphatic heterocycles. The van der Waals surface area contributed by atoms with Crippen LogP contribution in [0.2, 0.25) is 0 Å². The first-order chi connectivity index (χ1) is 10.7. The van der Waals surface area contributed by atoms with Crippen molar-refractivity contribution in [3.05, 3.63) is 57.8 Å². The predicted molar refractivity (Wildman–Crippen MR) is 84.9 cm³/mol. The minimum absolute atomic E-state index is 0.0119. The second-order valence-electron chi connectivity index (χ2n) is 5.26. The Morgan fingerprint density at radius 3 is 2.91 bits per heavy atom. The summed E-state index contributed by atoms with van der Waals surface area (Å²) in [5.41, 5.74) is 2.46. The fourth-order valence-corrected chi connectivity index (χ4v) is 3.35. The summed E-state index contributed by atoms with van der Waals surface area (Å²) in [6.45, 7) is -0.241. The highest BCUT2D eigenvalue weighted by Crippen LogP contribution is 2.29. The Labute approximate surface area is 133 Å². The highest BCUT2D eigenvalue weighted by Gasteiger charge is 2.21. The SMILES string of the molecule is O=C(COC(=O)c1cccs1)NC1CCCc2ccccc21. The molecule has 1 aromatic carbocycles. The van der Waals surface area contributed by atoms with Crippen LogP contribution in [0.4, 0.5) is 0 Å². The van der Waals surface area contributed by atoms with Gasteiger partial charge in [0.15, 0.2) is 6.61 Å². The molecule has 1 unspecified atom stereocenters. The maximum absolute atomic E-state index is 12.0. The van der Waals surface area contributed by atoms with E-state index in [1.54, 1.807) is 17.5 Å². The fraction of sp³-hybridized carbons (Fsp3) is 0.294. The lowest BCUT2D eigenvalue weighted by atomic mass is 9.88. The van der Waals surface area contributed by atoms with E-state index in [9.17, 15) is 9.59 Å². The van der Waals surface area contributed by atoms with Crippen LogP contribution in [0.1, 0.15) is 39.7 Å². The average molecular weight is 315 g/mol. The number of hydrogen-bond acceptors (Lipinski definition) is 4. The molecule has 1 aliphatic carbocycles. The number of carbonyl (C=O) groups excluding carboxylic acids is 2. The Morgan fingerprint density at radius 1 is 1.23 bits per heavy atom. The Kier molecular flexibility index (Phi) is 4.53. The van der Waals surface area contributed by atoms with Crippen molar-refractivity contribution in [2.24, 2.45) is 0 Å². The van der Waals surface area contributed by atoms with Crippen molar-refractivity contribution in [1.29, 1.82) is 0 Å². The zero-order chi connectivity index (χ0) is 15.4. The van der Waals surface area contributed by atoms with Gasteiger partial charge in [0.2, 0.25) is 0 Å². The third-order valence-corrected chi connectivity index (χ3v) is 4.61. The zero-order valence-corrected chi connectivity index (χ0v) is 12.9. The number of thiophene rings is 1. The van der Waals surface area contributed by atoms with Crippen molar-refractivity contribution < 1.29 is 14.3 Å². The van der Waals surface area contributed by atoms with Crippen LogP contribution >= 0.6 is 11.3 Å². The number of carbonyl (C=O) groups is 2. The summed E-state index contributed by atoms with van der Waals surface area (Å²) < 4.78 is 5.04. The highest BCUT2D eigenvalue weighted by molar-refractivity contribution is 7.11. The second-order valence-corrected chi connectivity index (χ2v) is 6.21. The third kappa shape index (κ3) is 3.36. The summed E-state index contributed by atoms with van der Waals surface area (Å²) in [5.74, 6) is -0.708. The summed E-state index contributed by atoms with van der Waals surface area (Å²) in [6.07, 6.45) is 3.02. The molecule has 1 aromatic heterocycles. The number of aryl methyl sites for hydroxylation is 1. The maximum Gasteiger partial charge on any atom is 0.348 e. The lowest BCUT2D eigenvalue weighted by Crippen LogP contribution is -2.34. The van der Waals surface area contributed by atoms with Crippen LogP contribution in [0.25, 0.3) is 0 Å². The van der Waals surface area contributed by atoms with Crippen molar-refractivity contribution in [1.82, 2.24) is 5.32 Å². The molecule has 0 fully saturated rings. The van der Waals surface area contributed by atoms with E-state index < -0.39 is 5.97 Å². The number of amides is 1. The quantitative estimate of drug-likeness (QED) is 0.882. The average Bonchev–Trinajstić information content (AvgIpc) is 3.07. The van der Waals surface area contributed by atoms with Gasteiger partial charge in [-0.25, -0.2) is 4.79 Å². The molecule has 0 saturated heterocycles. The summed E-state index contributed by atoms with van der Waals surface area (Å²) in [7, 11) is 0. The molecular weight excluding hydrogens is 298 g/mol. The van der Waals surface area contributed by atoms with Crippen molar-refractivity contribution in [2.75, 3.05) is 6.61 Å². The monoisotopic (exact) mass is 315 g/mol. The molecule has 1 atom stereocenters. The third-order valence-electron chi connectivity index (χ3n) is 3.76. The number of esters is 1. The van der Waals surface area contributed by atoms with E-state index in [2.05, 4.69) is 17.4 Å². The molecule has 114 valence electrons. The lowest BCUT2D eigenvalue weighted by molar-refractivity contribution is -0.125. The predicted octanol–water partition coefficient (Wildman–Crippen LogP) is 3.10. The van der Waals surface area contributed by atoms with Gasteiger partial charge in [-0.2, -0.15) is 0 Å². The van der Waals surface area contributed by atoms with Gasteiger partial charge >= 0.3 is 5.97 Å². The Hall–Kier alpha value is -2.14. The Balaban J connectivity index is 1.55. The van der Waals surface area contributed by atoms with E-state index >= 15 is 0 Å². The molecule has 0 saturated carbocycles. The molecule has 1 aliphatic rings. The van der Waals surface area contributed by atoms with E-state index in [1.807, 2.05) is 12.1 Å².